The highest BCUT2D eigenvalue weighted by atomic mass is 19.1. The van der Waals surface area contributed by atoms with Gasteiger partial charge in [-0.25, -0.2) is 14.2 Å². The predicted molar refractivity (Wildman–Crippen MR) is 84.8 cm³/mol. The van der Waals surface area contributed by atoms with Gasteiger partial charge in [0.25, 0.3) is 0 Å². The summed E-state index contributed by atoms with van der Waals surface area (Å²) in [4.78, 5) is 26.7. The first-order valence-electron chi connectivity index (χ1n) is 7.11. The van der Waals surface area contributed by atoms with E-state index in [1.54, 1.807) is 12.1 Å². The number of rotatable bonds is 4. The molecule has 2 aromatic carbocycles. The number of cyclic esters (lactones) is 1. The van der Waals surface area contributed by atoms with Crippen molar-refractivity contribution in [3.63, 3.8) is 0 Å². The van der Waals surface area contributed by atoms with E-state index in [0.29, 0.717) is 5.56 Å². The lowest BCUT2D eigenvalue weighted by Gasteiger charge is -2.04. The summed E-state index contributed by atoms with van der Waals surface area (Å²) in [7, 11) is 0. The molecule has 0 aromatic heterocycles. The number of carboxylic acid groups (broad SMARTS) is 1. The Morgan fingerprint density at radius 3 is 2.67 bits per heavy atom. The van der Waals surface area contributed by atoms with Crippen molar-refractivity contribution >= 4 is 23.9 Å². The van der Waals surface area contributed by atoms with Gasteiger partial charge in [0.15, 0.2) is 5.70 Å². The molecule has 2 aromatic rings. The Labute approximate surface area is 136 Å². The van der Waals surface area contributed by atoms with Crippen LogP contribution in [-0.4, -0.2) is 22.9 Å². The van der Waals surface area contributed by atoms with Gasteiger partial charge >= 0.3 is 11.9 Å². The number of esters is 1. The first-order valence-corrected chi connectivity index (χ1v) is 7.11. The van der Waals surface area contributed by atoms with Crippen LogP contribution in [0.1, 0.15) is 16.7 Å². The van der Waals surface area contributed by atoms with Crippen LogP contribution < -0.4 is 0 Å². The Hall–Kier alpha value is -3.28. The van der Waals surface area contributed by atoms with Crippen molar-refractivity contribution in [3.05, 3.63) is 76.7 Å². The van der Waals surface area contributed by atoms with Crippen molar-refractivity contribution in [2.24, 2.45) is 4.99 Å². The maximum Gasteiger partial charge on any atom is 0.363 e. The van der Waals surface area contributed by atoms with Gasteiger partial charge < -0.3 is 9.84 Å². The van der Waals surface area contributed by atoms with Crippen LogP contribution >= 0.6 is 0 Å². The van der Waals surface area contributed by atoms with E-state index in [1.165, 1.54) is 18.2 Å². The van der Waals surface area contributed by atoms with Crippen LogP contribution in [-0.2, 0) is 20.7 Å². The zero-order chi connectivity index (χ0) is 17.1. The van der Waals surface area contributed by atoms with Gasteiger partial charge in [0, 0.05) is 0 Å². The van der Waals surface area contributed by atoms with Gasteiger partial charge in [-0.3, -0.25) is 4.79 Å². The Balaban J connectivity index is 1.95. The predicted octanol–water partition coefficient (Wildman–Crippen LogP) is 2.80. The first-order chi connectivity index (χ1) is 11.5. The van der Waals surface area contributed by atoms with Gasteiger partial charge in [-0.05, 0) is 29.3 Å². The minimum atomic E-state index is -1.04. The summed E-state index contributed by atoms with van der Waals surface area (Å²) < 4.78 is 19.0. The molecule has 24 heavy (non-hydrogen) atoms. The Morgan fingerprint density at radius 2 is 1.96 bits per heavy atom. The summed E-state index contributed by atoms with van der Waals surface area (Å²) in [6, 6.07) is 12.9. The number of carbonyl (C=O) groups excluding carboxylic acids is 1. The normalized spacial score (nSPS) is 15.3. The number of ether oxygens (including phenoxy) is 1. The third-order valence-electron chi connectivity index (χ3n) is 3.34. The fourth-order valence-corrected chi connectivity index (χ4v) is 2.25. The molecule has 0 radical (unpaired) electrons. The second-order valence-electron chi connectivity index (χ2n) is 5.13. The maximum atomic E-state index is 14.0. The molecular formula is C18H12FNO4. The van der Waals surface area contributed by atoms with Gasteiger partial charge in [-0.2, -0.15) is 0 Å². The summed E-state index contributed by atoms with van der Waals surface area (Å²) in [5.74, 6) is -2.54. The lowest BCUT2D eigenvalue weighted by molar-refractivity contribution is -0.136. The summed E-state index contributed by atoms with van der Waals surface area (Å²) in [5, 5.41) is 8.82. The van der Waals surface area contributed by atoms with Crippen LogP contribution in [0.2, 0.25) is 0 Å². The molecule has 3 rings (SSSR count). The van der Waals surface area contributed by atoms with E-state index in [1.807, 2.05) is 18.2 Å². The molecule has 0 unspecified atom stereocenters. The average Bonchev–Trinajstić information content (AvgIpc) is 2.90. The third kappa shape index (κ3) is 3.38. The number of carbonyl (C=O) groups is 2. The molecule has 0 aliphatic carbocycles. The molecule has 6 heteroatoms. The smallest absolute Gasteiger partial charge is 0.363 e. The van der Waals surface area contributed by atoms with Crippen LogP contribution in [0, 0.1) is 5.82 Å². The topological polar surface area (TPSA) is 76.0 Å². The molecule has 0 saturated heterocycles. The number of hydrogen-bond donors (Lipinski definition) is 1. The molecule has 0 atom stereocenters. The highest BCUT2D eigenvalue weighted by Crippen LogP contribution is 2.21. The molecule has 1 heterocycles. The fourth-order valence-electron chi connectivity index (χ4n) is 2.25. The second-order valence-corrected chi connectivity index (χ2v) is 5.13. The van der Waals surface area contributed by atoms with Crippen LogP contribution in [0.3, 0.4) is 0 Å². The minimum absolute atomic E-state index is 0.0430. The zero-order valence-corrected chi connectivity index (χ0v) is 12.4. The number of hydrogen-bond acceptors (Lipinski definition) is 4. The largest absolute Gasteiger partial charge is 0.481 e. The third-order valence-corrected chi connectivity index (χ3v) is 3.34. The number of nitrogens with zero attached hydrogens (tertiary/aromatic N) is 1. The van der Waals surface area contributed by atoms with Crippen LogP contribution in [0.25, 0.3) is 6.08 Å². The van der Waals surface area contributed by atoms with Crippen molar-refractivity contribution in [1.82, 2.24) is 0 Å². The molecule has 0 fully saturated rings. The summed E-state index contributed by atoms with van der Waals surface area (Å²) >= 11 is 0. The molecule has 0 amide bonds. The van der Waals surface area contributed by atoms with Crippen LogP contribution in [0.15, 0.2) is 59.2 Å². The molecule has 5 nitrogen and oxygen atoms in total. The number of halogens is 1. The molecule has 1 N–H and O–H groups in total. The van der Waals surface area contributed by atoms with Crippen molar-refractivity contribution < 1.29 is 23.8 Å². The molecular weight excluding hydrogens is 313 g/mol. The number of aliphatic carboxylic acids is 1. The number of benzene rings is 2. The quantitative estimate of drug-likeness (QED) is 0.693. The van der Waals surface area contributed by atoms with E-state index in [2.05, 4.69) is 4.99 Å². The molecule has 1 aliphatic heterocycles. The van der Waals surface area contributed by atoms with Gasteiger partial charge in [0.2, 0.25) is 5.90 Å². The molecule has 0 bridgehead atoms. The zero-order valence-electron chi connectivity index (χ0n) is 12.4. The summed E-state index contributed by atoms with van der Waals surface area (Å²) in [6.45, 7) is 0. The van der Waals surface area contributed by atoms with Crippen LogP contribution in [0.4, 0.5) is 4.39 Å². The van der Waals surface area contributed by atoms with Gasteiger partial charge in [0.1, 0.15) is 5.82 Å². The maximum absolute atomic E-state index is 14.0. The Kier molecular flexibility index (Phi) is 4.20. The van der Waals surface area contributed by atoms with Crippen molar-refractivity contribution in [1.29, 1.82) is 0 Å². The highest BCUT2D eigenvalue weighted by molar-refractivity contribution is 6.13. The van der Waals surface area contributed by atoms with Gasteiger partial charge in [-0.1, -0.05) is 36.4 Å². The van der Waals surface area contributed by atoms with E-state index in [-0.39, 0.29) is 23.6 Å². The standard InChI is InChI=1S/C18H12FNO4/c19-14-7-6-12(10-16(21)22)8-13(14)17-20-15(18(23)24-17)9-11-4-2-1-3-5-11/h1-9H,10H2,(H,21,22). The van der Waals surface area contributed by atoms with Gasteiger partial charge in [-0.15, -0.1) is 0 Å². The number of aliphatic imine (C=N–C) groups is 1. The van der Waals surface area contributed by atoms with E-state index in [4.69, 9.17) is 9.84 Å². The SMILES string of the molecule is O=C(O)Cc1ccc(F)c(C2=NC(=Cc3ccccc3)C(=O)O2)c1. The van der Waals surface area contributed by atoms with Gasteiger partial charge in [0.05, 0.1) is 12.0 Å². The van der Waals surface area contributed by atoms with E-state index in [0.717, 1.165) is 11.6 Å². The summed E-state index contributed by atoms with van der Waals surface area (Å²) in [5.41, 5.74) is 1.16. The lowest BCUT2D eigenvalue weighted by atomic mass is 10.1. The van der Waals surface area contributed by atoms with Crippen molar-refractivity contribution in [2.75, 3.05) is 0 Å². The molecule has 120 valence electrons. The van der Waals surface area contributed by atoms with Crippen molar-refractivity contribution in [2.45, 2.75) is 6.42 Å². The van der Waals surface area contributed by atoms with E-state index >= 15 is 0 Å². The van der Waals surface area contributed by atoms with Crippen molar-refractivity contribution in [3.8, 4) is 0 Å². The molecule has 1 aliphatic rings. The van der Waals surface area contributed by atoms with E-state index < -0.39 is 17.8 Å². The van der Waals surface area contributed by atoms with E-state index in [9.17, 15) is 14.0 Å². The lowest BCUT2D eigenvalue weighted by Crippen LogP contribution is -2.09. The Morgan fingerprint density at radius 1 is 1.21 bits per heavy atom. The average molecular weight is 325 g/mol. The second kappa shape index (κ2) is 6.45. The monoisotopic (exact) mass is 325 g/mol. The molecule has 0 spiro atoms. The minimum Gasteiger partial charge on any atom is -0.481 e. The Bertz CT molecular complexity index is 872. The first kappa shape index (κ1) is 15.6. The van der Waals surface area contributed by atoms with Crippen LogP contribution in [0.5, 0.6) is 0 Å². The number of carboxylic acids is 1. The highest BCUT2D eigenvalue weighted by Gasteiger charge is 2.26. The fraction of sp³-hybridized carbons (Fsp3) is 0.0556. The molecule has 0 saturated carbocycles. The summed E-state index contributed by atoms with van der Waals surface area (Å²) in [6.07, 6.45) is 1.27.